The van der Waals surface area contributed by atoms with Crippen molar-refractivity contribution < 1.29 is 9.72 Å². The molecular weight excluding hydrogens is 533 g/mol. The molecule has 1 fully saturated rings. The number of nitro groups is 1. The van der Waals surface area contributed by atoms with E-state index in [-0.39, 0.29) is 22.9 Å². The van der Waals surface area contributed by atoms with Crippen LogP contribution in [0.25, 0.3) is 20.4 Å². The number of anilines is 1. The quantitative estimate of drug-likeness (QED) is 0.158. The highest BCUT2D eigenvalue weighted by molar-refractivity contribution is 7.99. The van der Waals surface area contributed by atoms with E-state index >= 15 is 0 Å². The van der Waals surface area contributed by atoms with Gasteiger partial charge in [0.25, 0.3) is 11.2 Å². The van der Waals surface area contributed by atoms with Crippen LogP contribution in [0.5, 0.6) is 0 Å². The number of thiazole rings is 1. The van der Waals surface area contributed by atoms with Crippen molar-refractivity contribution in [3.8, 4) is 0 Å². The third kappa shape index (κ3) is 4.48. The van der Waals surface area contributed by atoms with Gasteiger partial charge in [-0.25, -0.2) is 9.97 Å². The number of carbonyl (C=O) groups is 1. The summed E-state index contributed by atoms with van der Waals surface area (Å²) in [4.78, 5) is 52.1. The van der Waals surface area contributed by atoms with Gasteiger partial charge in [-0.15, -0.1) is 11.3 Å². The lowest BCUT2D eigenvalue weighted by Gasteiger charge is -2.34. The normalized spacial score (nSPS) is 15.9. The number of thiophene rings is 1. The molecule has 1 saturated heterocycles. The molecular formula is C24H24N6O4S3. The fourth-order valence-corrected chi connectivity index (χ4v) is 8.14. The van der Waals surface area contributed by atoms with E-state index in [4.69, 9.17) is 4.98 Å². The summed E-state index contributed by atoms with van der Waals surface area (Å²) in [5.74, 6) is 0.242. The Hall–Kier alpha value is -3.03. The molecule has 0 spiro atoms. The highest BCUT2D eigenvalue weighted by Crippen LogP contribution is 2.35. The molecule has 37 heavy (non-hydrogen) atoms. The minimum atomic E-state index is -0.402. The van der Waals surface area contributed by atoms with E-state index in [1.807, 2.05) is 4.90 Å². The third-order valence-electron chi connectivity index (χ3n) is 6.95. The molecule has 0 N–H and O–H groups in total. The van der Waals surface area contributed by atoms with Gasteiger partial charge in [-0.1, -0.05) is 23.1 Å². The summed E-state index contributed by atoms with van der Waals surface area (Å²) in [7, 11) is 1.74. The van der Waals surface area contributed by atoms with Gasteiger partial charge in [0, 0.05) is 50.2 Å². The summed E-state index contributed by atoms with van der Waals surface area (Å²) in [6.07, 6.45) is 4.23. The summed E-state index contributed by atoms with van der Waals surface area (Å²) in [5, 5.41) is 13.2. The van der Waals surface area contributed by atoms with Crippen LogP contribution in [0.3, 0.4) is 0 Å². The molecule has 10 nitrogen and oxygen atoms in total. The van der Waals surface area contributed by atoms with Gasteiger partial charge in [0.05, 0.1) is 26.3 Å². The molecule has 13 heteroatoms. The van der Waals surface area contributed by atoms with Gasteiger partial charge in [0.15, 0.2) is 10.3 Å². The lowest BCUT2D eigenvalue weighted by molar-refractivity contribution is -0.384. The Kier molecular flexibility index (Phi) is 6.37. The maximum Gasteiger partial charge on any atom is 0.270 e. The number of nitrogens with zero attached hydrogens (tertiary/aromatic N) is 6. The van der Waals surface area contributed by atoms with E-state index in [2.05, 4.69) is 9.88 Å². The maximum absolute atomic E-state index is 13.1. The maximum atomic E-state index is 13.1. The van der Waals surface area contributed by atoms with Crippen LogP contribution < -0.4 is 10.5 Å². The lowest BCUT2D eigenvalue weighted by Crippen LogP contribution is -2.49. The van der Waals surface area contributed by atoms with Gasteiger partial charge in [0.1, 0.15) is 4.83 Å². The summed E-state index contributed by atoms with van der Waals surface area (Å²) in [5.41, 5.74) is 1.95. The predicted molar refractivity (Wildman–Crippen MR) is 147 cm³/mol. The molecule has 0 atom stereocenters. The Morgan fingerprint density at radius 2 is 1.92 bits per heavy atom. The van der Waals surface area contributed by atoms with Crippen LogP contribution in [0.1, 0.15) is 23.3 Å². The third-order valence-corrected chi connectivity index (χ3v) is 10.2. The van der Waals surface area contributed by atoms with E-state index in [9.17, 15) is 19.7 Å². The first kappa shape index (κ1) is 24.3. The number of fused-ring (bicyclic) bond motifs is 4. The molecule has 4 aromatic rings. The second-order valence-electron chi connectivity index (χ2n) is 9.21. The number of nitro benzene ring substituents is 1. The van der Waals surface area contributed by atoms with E-state index < -0.39 is 4.92 Å². The number of hydrogen-bond donors (Lipinski definition) is 0. The van der Waals surface area contributed by atoms with Crippen LogP contribution in [0.15, 0.2) is 28.2 Å². The Bertz CT molecular complexity index is 1600. The van der Waals surface area contributed by atoms with Crippen LogP contribution in [0.2, 0.25) is 0 Å². The first-order valence-electron chi connectivity index (χ1n) is 12.1. The summed E-state index contributed by atoms with van der Waals surface area (Å²) in [6.45, 7) is 2.42. The number of aromatic nitrogens is 3. The molecule has 3 aromatic heterocycles. The van der Waals surface area contributed by atoms with Gasteiger partial charge in [0.2, 0.25) is 5.91 Å². The largest absolute Gasteiger partial charge is 0.345 e. The molecule has 1 aliphatic heterocycles. The molecule has 2 aliphatic rings. The number of non-ortho nitro benzene ring substituents is 1. The van der Waals surface area contributed by atoms with Gasteiger partial charge in [-0.2, -0.15) is 0 Å². The van der Waals surface area contributed by atoms with Gasteiger partial charge >= 0.3 is 0 Å². The van der Waals surface area contributed by atoms with Crippen molar-refractivity contribution in [2.45, 2.75) is 30.8 Å². The van der Waals surface area contributed by atoms with Crippen molar-refractivity contribution in [2.75, 3.05) is 36.8 Å². The van der Waals surface area contributed by atoms with Crippen molar-refractivity contribution in [1.29, 1.82) is 0 Å². The first-order valence-corrected chi connectivity index (χ1v) is 14.7. The molecule has 1 aliphatic carbocycles. The number of amides is 1. The van der Waals surface area contributed by atoms with Crippen LogP contribution in [-0.2, 0) is 24.7 Å². The Labute approximate surface area is 224 Å². The van der Waals surface area contributed by atoms with Crippen molar-refractivity contribution >= 4 is 71.6 Å². The van der Waals surface area contributed by atoms with Crippen molar-refractivity contribution in [2.24, 2.45) is 7.05 Å². The van der Waals surface area contributed by atoms with E-state index in [1.54, 1.807) is 35.1 Å². The molecule has 4 heterocycles. The molecule has 0 radical (unpaired) electrons. The van der Waals surface area contributed by atoms with Crippen molar-refractivity contribution in [3.63, 3.8) is 0 Å². The lowest BCUT2D eigenvalue weighted by atomic mass is 9.97. The number of rotatable bonds is 5. The standard InChI is InChI=1S/C24H24N6O4S3/c1-27-22(32)20-15-4-2-3-5-17(15)36-21(20)26-23(27)35-13-19(31)28-8-10-29(11-9-28)24-25-16-7-6-14(30(33)34)12-18(16)37-24/h6-7,12H,2-5,8-11,13H2,1H3. The fraction of sp³-hybridized carbons (Fsp3) is 0.417. The van der Waals surface area contributed by atoms with E-state index in [1.165, 1.54) is 39.6 Å². The SMILES string of the molecule is Cn1c(SCC(=O)N2CCN(c3nc4ccc([N+](=O)[O-])cc4s3)CC2)nc2sc3c(c2c1=O)CCCC3. The molecule has 0 unspecified atom stereocenters. The first-order chi connectivity index (χ1) is 17.9. The number of piperazine rings is 1. The Morgan fingerprint density at radius 3 is 2.70 bits per heavy atom. The van der Waals surface area contributed by atoms with Crippen LogP contribution in [0, 0.1) is 10.1 Å². The summed E-state index contributed by atoms with van der Waals surface area (Å²) < 4.78 is 2.36. The molecule has 192 valence electrons. The Morgan fingerprint density at radius 1 is 1.14 bits per heavy atom. The number of hydrogen-bond acceptors (Lipinski definition) is 10. The van der Waals surface area contributed by atoms with Crippen LogP contribution in [0.4, 0.5) is 10.8 Å². The van der Waals surface area contributed by atoms with Crippen molar-refractivity contribution in [1.82, 2.24) is 19.4 Å². The van der Waals surface area contributed by atoms with E-state index in [0.717, 1.165) is 51.2 Å². The zero-order chi connectivity index (χ0) is 25.7. The van der Waals surface area contributed by atoms with Crippen LogP contribution >= 0.6 is 34.4 Å². The summed E-state index contributed by atoms with van der Waals surface area (Å²) in [6, 6.07) is 4.70. The van der Waals surface area contributed by atoms with E-state index in [0.29, 0.717) is 31.3 Å². The monoisotopic (exact) mass is 556 g/mol. The molecule has 1 aromatic carbocycles. The number of thioether (sulfide) groups is 1. The zero-order valence-electron chi connectivity index (χ0n) is 20.1. The Balaban J connectivity index is 1.10. The van der Waals surface area contributed by atoms with Gasteiger partial charge < -0.3 is 9.80 Å². The number of carbonyl (C=O) groups excluding carboxylic acids is 1. The highest BCUT2D eigenvalue weighted by Gasteiger charge is 2.25. The minimum absolute atomic E-state index is 0.0180. The molecule has 1 amide bonds. The second kappa shape index (κ2) is 9.69. The average molecular weight is 557 g/mol. The van der Waals surface area contributed by atoms with Gasteiger partial charge in [-0.3, -0.25) is 24.3 Å². The van der Waals surface area contributed by atoms with Crippen LogP contribution in [-0.4, -0.2) is 62.2 Å². The van der Waals surface area contributed by atoms with Crippen molar-refractivity contribution in [3.05, 3.63) is 49.1 Å². The molecule has 0 saturated carbocycles. The second-order valence-corrected chi connectivity index (χ2v) is 12.2. The highest BCUT2D eigenvalue weighted by atomic mass is 32.2. The average Bonchev–Trinajstić information content (AvgIpc) is 3.50. The minimum Gasteiger partial charge on any atom is -0.345 e. The topological polar surface area (TPSA) is 114 Å². The zero-order valence-corrected chi connectivity index (χ0v) is 22.6. The smallest absolute Gasteiger partial charge is 0.270 e. The predicted octanol–water partition coefficient (Wildman–Crippen LogP) is 3.83. The number of aryl methyl sites for hydroxylation is 2. The molecule has 0 bridgehead atoms. The number of benzene rings is 1. The van der Waals surface area contributed by atoms with Gasteiger partial charge in [-0.05, 0) is 37.3 Å². The fourth-order valence-electron chi connectivity index (χ4n) is 4.91. The molecule has 6 rings (SSSR count). The summed E-state index contributed by atoms with van der Waals surface area (Å²) >= 11 is 4.37.